The highest BCUT2D eigenvalue weighted by Gasteiger charge is 1.80. The van der Waals surface area contributed by atoms with Crippen molar-refractivity contribution in [1.29, 1.82) is 0 Å². The molecular formula is C10H20. The monoisotopic (exact) mass is 142 g/mol. The highest BCUT2D eigenvalue weighted by Crippen LogP contribution is 2.00. The molecule has 0 spiro atoms. The van der Waals surface area contributed by atoms with Crippen LogP contribution >= 0.6 is 0 Å². The Morgan fingerprint density at radius 1 is 1.10 bits per heavy atom. The van der Waals surface area contributed by atoms with Crippen molar-refractivity contribution in [2.45, 2.75) is 52.3 Å². The molecule has 0 heteroatoms. The lowest BCUT2D eigenvalue weighted by atomic mass is 10.2. The minimum absolute atomic E-state index is 0.541. The van der Waals surface area contributed by atoms with Crippen LogP contribution in [0, 0.1) is 0 Å². The summed E-state index contributed by atoms with van der Waals surface area (Å²) in [6, 6.07) is 0. The minimum atomic E-state index is -1.04. The number of unbranched alkanes of at least 4 members (excludes halogenated alkanes) is 3. The SMILES string of the molecule is [2H]C([2H])(C)C/C=C\CCCCC. The zero-order chi connectivity index (χ0) is 9.45. The molecule has 0 rings (SSSR count). The van der Waals surface area contributed by atoms with Gasteiger partial charge < -0.3 is 0 Å². The van der Waals surface area contributed by atoms with Crippen LogP contribution in [0.25, 0.3) is 0 Å². The molecule has 0 heterocycles. The number of hydrogen-bond donors (Lipinski definition) is 0. The van der Waals surface area contributed by atoms with Crippen LogP contribution in [0.3, 0.4) is 0 Å². The van der Waals surface area contributed by atoms with Crippen LogP contribution in [0.5, 0.6) is 0 Å². The molecule has 0 unspecified atom stereocenters. The van der Waals surface area contributed by atoms with Gasteiger partial charge in [-0.2, -0.15) is 0 Å². The van der Waals surface area contributed by atoms with Gasteiger partial charge in [0.2, 0.25) is 0 Å². The van der Waals surface area contributed by atoms with E-state index in [0.717, 1.165) is 6.42 Å². The van der Waals surface area contributed by atoms with Gasteiger partial charge in [-0.3, -0.25) is 0 Å². The molecule has 0 fully saturated rings. The van der Waals surface area contributed by atoms with Crippen LogP contribution in [0.1, 0.15) is 55.1 Å². The fourth-order valence-electron chi connectivity index (χ4n) is 0.831. The summed E-state index contributed by atoms with van der Waals surface area (Å²) in [6.45, 7) is 3.80. The summed E-state index contributed by atoms with van der Waals surface area (Å²) in [7, 11) is 0. The van der Waals surface area contributed by atoms with Crippen molar-refractivity contribution >= 4 is 0 Å². The van der Waals surface area contributed by atoms with Crippen molar-refractivity contribution in [3.63, 3.8) is 0 Å². The van der Waals surface area contributed by atoms with Crippen LogP contribution in [0.15, 0.2) is 12.2 Å². The van der Waals surface area contributed by atoms with Crippen molar-refractivity contribution < 1.29 is 2.74 Å². The summed E-state index contributed by atoms with van der Waals surface area (Å²) in [5, 5.41) is 0. The van der Waals surface area contributed by atoms with Gasteiger partial charge in [0.25, 0.3) is 0 Å². The van der Waals surface area contributed by atoms with E-state index in [4.69, 9.17) is 2.74 Å². The molecule has 0 aromatic heterocycles. The van der Waals surface area contributed by atoms with Gasteiger partial charge in [-0.25, -0.2) is 0 Å². The molecule has 0 nitrogen and oxygen atoms in total. The maximum atomic E-state index is 7.26. The van der Waals surface area contributed by atoms with E-state index in [9.17, 15) is 0 Å². The van der Waals surface area contributed by atoms with E-state index < -0.39 is 6.37 Å². The minimum Gasteiger partial charge on any atom is -0.0885 e. The average molecular weight is 142 g/mol. The van der Waals surface area contributed by atoms with Crippen LogP contribution in [-0.4, -0.2) is 0 Å². The first-order valence-corrected chi connectivity index (χ1v) is 4.21. The molecule has 0 aliphatic carbocycles. The lowest BCUT2D eigenvalue weighted by Gasteiger charge is -1.90. The van der Waals surface area contributed by atoms with Crippen molar-refractivity contribution in [3.8, 4) is 0 Å². The zero-order valence-corrected chi connectivity index (χ0v) is 7.19. The second-order valence-electron chi connectivity index (χ2n) is 2.52. The molecule has 0 radical (unpaired) electrons. The van der Waals surface area contributed by atoms with E-state index in [1.54, 1.807) is 6.92 Å². The summed E-state index contributed by atoms with van der Waals surface area (Å²) >= 11 is 0. The Kier molecular flexibility index (Phi) is 5.64. The molecular weight excluding hydrogens is 120 g/mol. The van der Waals surface area contributed by atoms with Gasteiger partial charge in [0, 0.05) is 2.74 Å². The second-order valence-corrected chi connectivity index (χ2v) is 2.52. The first kappa shape index (κ1) is 6.45. The highest BCUT2D eigenvalue weighted by molar-refractivity contribution is 4.80. The van der Waals surface area contributed by atoms with E-state index >= 15 is 0 Å². The maximum Gasteiger partial charge on any atom is 0.0267 e. The first-order valence-electron chi connectivity index (χ1n) is 5.21. The molecule has 0 aromatic carbocycles. The average Bonchev–Trinajstić information content (AvgIpc) is 1.94. The molecule has 0 aliphatic rings. The van der Waals surface area contributed by atoms with Crippen molar-refractivity contribution in [2.75, 3.05) is 0 Å². The highest BCUT2D eigenvalue weighted by atomic mass is 13.9. The summed E-state index contributed by atoms with van der Waals surface area (Å²) < 4.78 is 14.5. The smallest absolute Gasteiger partial charge is 0.0267 e. The predicted molar refractivity (Wildman–Crippen MR) is 48.2 cm³/mol. The molecule has 0 aliphatic heterocycles. The van der Waals surface area contributed by atoms with Crippen LogP contribution in [-0.2, 0) is 0 Å². The third-order valence-electron chi connectivity index (χ3n) is 1.46. The third kappa shape index (κ3) is 7.74. The first-order chi connectivity index (χ1) is 5.56. The van der Waals surface area contributed by atoms with Crippen molar-refractivity contribution in [3.05, 3.63) is 12.2 Å². The summed E-state index contributed by atoms with van der Waals surface area (Å²) in [6.07, 6.45) is 8.42. The topological polar surface area (TPSA) is 0 Å². The Labute approximate surface area is 68.1 Å². The molecule has 10 heavy (non-hydrogen) atoms. The Morgan fingerprint density at radius 2 is 1.80 bits per heavy atom. The Morgan fingerprint density at radius 3 is 2.40 bits per heavy atom. The quantitative estimate of drug-likeness (QED) is 0.389. The Balaban J connectivity index is 3.26. The van der Waals surface area contributed by atoms with Gasteiger partial charge in [0.1, 0.15) is 0 Å². The number of allylic oxidation sites excluding steroid dienone is 2. The Bertz CT molecular complexity index is 122. The van der Waals surface area contributed by atoms with E-state index in [1.165, 1.54) is 19.3 Å². The summed E-state index contributed by atoms with van der Waals surface area (Å²) in [5.74, 6) is 0. The lowest BCUT2D eigenvalue weighted by Crippen LogP contribution is -1.70. The third-order valence-corrected chi connectivity index (χ3v) is 1.46. The van der Waals surface area contributed by atoms with Crippen LogP contribution in [0.2, 0.25) is 0 Å². The van der Waals surface area contributed by atoms with E-state index in [0.29, 0.717) is 6.42 Å². The predicted octanol–water partition coefficient (Wildman–Crippen LogP) is 3.92. The molecule has 0 N–H and O–H groups in total. The molecule has 60 valence electrons. The van der Waals surface area contributed by atoms with Gasteiger partial charge in [-0.15, -0.1) is 0 Å². The maximum absolute atomic E-state index is 7.26. The van der Waals surface area contributed by atoms with Crippen molar-refractivity contribution in [2.24, 2.45) is 0 Å². The molecule has 0 atom stereocenters. The number of rotatable bonds is 6. The normalized spacial score (nSPS) is 15.4. The Hall–Kier alpha value is -0.260. The number of hydrogen-bond acceptors (Lipinski definition) is 0. The fraction of sp³-hybridized carbons (Fsp3) is 0.800. The summed E-state index contributed by atoms with van der Waals surface area (Å²) in [4.78, 5) is 0. The lowest BCUT2D eigenvalue weighted by molar-refractivity contribution is 0.727. The van der Waals surface area contributed by atoms with Crippen LogP contribution < -0.4 is 0 Å². The molecule has 0 amide bonds. The molecule has 0 saturated heterocycles. The van der Waals surface area contributed by atoms with Gasteiger partial charge in [0.05, 0.1) is 0 Å². The molecule has 0 aromatic rings. The summed E-state index contributed by atoms with van der Waals surface area (Å²) in [5.41, 5.74) is 0. The largest absolute Gasteiger partial charge is 0.0885 e. The van der Waals surface area contributed by atoms with Gasteiger partial charge in [-0.1, -0.05) is 45.2 Å². The fourth-order valence-corrected chi connectivity index (χ4v) is 0.831. The van der Waals surface area contributed by atoms with Crippen molar-refractivity contribution in [1.82, 2.24) is 0 Å². The molecule has 0 saturated carbocycles. The van der Waals surface area contributed by atoms with Gasteiger partial charge >= 0.3 is 0 Å². The van der Waals surface area contributed by atoms with Gasteiger partial charge in [0.15, 0.2) is 0 Å². The molecule has 0 bridgehead atoms. The van der Waals surface area contributed by atoms with E-state index in [2.05, 4.69) is 13.0 Å². The zero-order valence-electron chi connectivity index (χ0n) is 9.19. The van der Waals surface area contributed by atoms with Crippen LogP contribution in [0.4, 0.5) is 0 Å². The standard InChI is InChI=1S/C10H20/c1-3-5-7-9-10-8-6-4-2/h7,9H,3-6,8,10H2,1-2H3/b9-7-/i3D2. The van der Waals surface area contributed by atoms with Gasteiger partial charge in [-0.05, 0) is 19.3 Å². The van der Waals surface area contributed by atoms with E-state index in [1.807, 2.05) is 6.08 Å². The van der Waals surface area contributed by atoms with E-state index in [-0.39, 0.29) is 0 Å². The second kappa shape index (κ2) is 8.74.